The smallest absolute Gasteiger partial charge is 0.288 e. The van der Waals surface area contributed by atoms with Crippen LogP contribution >= 0.6 is 39.1 Å². The minimum Gasteiger partial charge on any atom is -0.288 e. The molecule has 7 heteroatoms. The first-order chi connectivity index (χ1) is 11.6. The first-order valence-corrected chi connectivity index (χ1v) is 9.01. The van der Waals surface area contributed by atoms with E-state index < -0.39 is 17.6 Å². The number of alkyl halides is 3. The summed E-state index contributed by atoms with van der Waals surface area (Å²) in [5.41, 5.74) is -0.496. The van der Waals surface area contributed by atoms with E-state index in [9.17, 15) is 13.2 Å². The molecule has 0 aromatic heterocycles. The fourth-order valence-corrected chi connectivity index (χ4v) is 3.84. The zero-order chi connectivity index (χ0) is 18.4. The number of aryl methyl sites for hydroxylation is 1. The number of benzene rings is 2. The highest BCUT2D eigenvalue weighted by molar-refractivity contribution is 9.10. The van der Waals surface area contributed by atoms with Gasteiger partial charge in [0.15, 0.2) is 0 Å². The highest BCUT2D eigenvalue weighted by atomic mass is 79.9. The summed E-state index contributed by atoms with van der Waals surface area (Å²) in [5, 5.41) is 0.338. The SMILES string of the molecule is Cc1cc(C2CC(c3cc(Cl)cc(Cl)c3)(C(F)(F)F)C=N2)ccc1Br. The molecule has 0 N–H and O–H groups in total. The lowest BCUT2D eigenvalue weighted by Gasteiger charge is -2.30. The van der Waals surface area contributed by atoms with E-state index >= 15 is 0 Å². The molecule has 0 bridgehead atoms. The van der Waals surface area contributed by atoms with Gasteiger partial charge in [0.2, 0.25) is 0 Å². The topological polar surface area (TPSA) is 12.4 Å². The van der Waals surface area contributed by atoms with Crippen LogP contribution in [0.5, 0.6) is 0 Å². The maximum Gasteiger partial charge on any atom is 0.403 e. The Bertz CT molecular complexity index is 830. The molecule has 1 aliphatic rings. The molecule has 0 aliphatic carbocycles. The van der Waals surface area contributed by atoms with Gasteiger partial charge >= 0.3 is 6.18 Å². The summed E-state index contributed by atoms with van der Waals surface area (Å²) in [5.74, 6) is 0. The maximum atomic E-state index is 14.0. The van der Waals surface area contributed by atoms with Crippen LogP contribution in [-0.4, -0.2) is 12.4 Å². The molecule has 25 heavy (non-hydrogen) atoms. The molecule has 0 spiro atoms. The fourth-order valence-electron chi connectivity index (χ4n) is 3.06. The van der Waals surface area contributed by atoms with Crippen molar-refractivity contribution in [3.8, 4) is 0 Å². The molecule has 2 unspecified atom stereocenters. The lowest BCUT2D eigenvalue weighted by atomic mass is 9.77. The summed E-state index contributed by atoms with van der Waals surface area (Å²) in [6.45, 7) is 1.89. The predicted octanol–water partition coefficient (Wildman–Crippen LogP) is 7.08. The second kappa shape index (κ2) is 6.60. The van der Waals surface area contributed by atoms with Crippen molar-refractivity contribution < 1.29 is 13.2 Å². The first kappa shape index (κ1) is 18.7. The molecular weight excluding hydrogens is 438 g/mol. The van der Waals surface area contributed by atoms with Crippen LogP contribution in [0.2, 0.25) is 10.0 Å². The van der Waals surface area contributed by atoms with Crippen molar-refractivity contribution in [1.82, 2.24) is 0 Å². The van der Waals surface area contributed by atoms with Crippen LogP contribution in [0.4, 0.5) is 13.2 Å². The Labute approximate surface area is 162 Å². The quantitative estimate of drug-likeness (QED) is 0.463. The summed E-state index contributed by atoms with van der Waals surface area (Å²) < 4.78 is 42.9. The summed E-state index contributed by atoms with van der Waals surface area (Å²) in [6, 6.07) is 8.92. The minimum atomic E-state index is -4.51. The Hall–Kier alpha value is -1.04. The zero-order valence-corrected chi connectivity index (χ0v) is 16.1. The number of aliphatic imine (C=N–C) groups is 1. The van der Waals surface area contributed by atoms with Crippen molar-refractivity contribution in [2.75, 3.05) is 0 Å². The number of hydrogen-bond acceptors (Lipinski definition) is 1. The summed E-state index contributed by atoms with van der Waals surface area (Å²) in [6.07, 6.45) is -3.73. The molecule has 2 aromatic rings. The lowest BCUT2D eigenvalue weighted by Crippen LogP contribution is -2.42. The average Bonchev–Trinajstić information content (AvgIpc) is 2.95. The number of halogens is 6. The number of nitrogens with zero attached hydrogens (tertiary/aromatic N) is 1. The van der Waals surface area contributed by atoms with Crippen LogP contribution in [-0.2, 0) is 5.41 Å². The molecule has 0 saturated carbocycles. The van der Waals surface area contributed by atoms with Crippen LogP contribution in [0.3, 0.4) is 0 Å². The summed E-state index contributed by atoms with van der Waals surface area (Å²) in [4.78, 5) is 4.19. The summed E-state index contributed by atoms with van der Waals surface area (Å²) >= 11 is 15.3. The molecule has 1 heterocycles. The van der Waals surface area contributed by atoms with Crippen molar-refractivity contribution in [2.45, 2.75) is 31.0 Å². The monoisotopic (exact) mass is 449 g/mol. The molecule has 0 amide bonds. The predicted molar refractivity (Wildman–Crippen MR) is 98.9 cm³/mol. The third-order valence-electron chi connectivity index (χ3n) is 4.44. The Balaban J connectivity index is 2.05. The van der Waals surface area contributed by atoms with E-state index in [1.165, 1.54) is 18.2 Å². The Morgan fingerprint density at radius 2 is 1.76 bits per heavy atom. The normalized spacial score (nSPS) is 23.2. The molecule has 2 aromatic carbocycles. The van der Waals surface area contributed by atoms with Gasteiger partial charge in [0.1, 0.15) is 5.41 Å². The molecule has 3 rings (SSSR count). The van der Waals surface area contributed by atoms with Gasteiger partial charge in [-0.25, -0.2) is 0 Å². The zero-order valence-electron chi connectivity index (χ0n) is 13.0. The molecule has 1 aliphatic heterocycles. The molecule has 0 fully saturated rings. The number of hydrogen-bond donors (Lipinski definition) is 0. The fraction of sp³-hybridized carbons (Fsp3) is 0.278. The first-order valence-electron chi connectivity index (χ1n) is 7.46. The van der Waals surface area contributed by atoms with Gasteiger partial charge in [-0.1, -0.05) is 51.3 Å². The van der Waals surface area contributed by atoms with E-state index in [4.69, 9.17) is 23.2 Å². The van der Waals surface area contributed by atoms with Gasteiger partial charge in [0.25, 0.3) is 0 Å². The average molecular weight is 451 g/mol. The largest absolute Gasteiger partial charge is 0.403 e. The second-order valence-electron chi connectivity index (χ2n) is 6.13. The minimum absolute atomic E-state index is 0.0117. The molecule has 1 nitrogen and oxygen atoms in total. The van der Waals surface area contributed by atoms with Gasteiger partial charge in [-0.15, -0.1) is 0 Å². The van der Waals surface area contributed by atoms with Gasteiger partial charge in [-0.3, -0.25) is 4.99 Å². The molecular formula is C18H13BrCl2F3N. The van der Waals surface area contributed by atoms with Crippen LogP contribution < -0.4 is 0 Å². The van der Waals surface area contributed by atoms with Gasteiger partial charge in [-0.2, -0.15) is 13.2 Å². The molecule has 0 radical (unpaired) electrons. The van der Waals surface area contributed by atoms with Crippen molar-refractivity contribution in [3.05, 3.63) is 67.6 Å². The number of rotatable bonds is 2. The van der Waals surface area contributed by atoms with Crippen LogP contribution in [0, 0.1) is 6.92 Å². The lowest BCUT2D eigenvalue weighted by molar-refractivity contribution is -0.168. The molecule has 132 valence electrons. The van der Waals surface area contributed by atoms with Gasteiger partial charge < -0.3 is 0 Å². The van der Waals surface area contributed by atoms with Crippen molar-refractivity contribution in [1.29, 1.82) is 0 Å². The van der Waals surface area contributed by atoms with Gasteiger partial charge in [-0.05, 0) is 54.3 Å². The van der Waals surface area contributed by atoms with E-state index in [1.807, 2.05) is 19.1 Å². The third kappa shape index (κ3) is 3.46. The second-order valence-corrected chi connectivity index (χ2v) is 7.86. The highest BCUT2D eigenvalue weighted by Gasteiger charge is 2.58. The standard InChI is InChI=1S/C18H13BrCl2F3N/c1-10-4-11(2-3-15(10)19)16-8-17(9-25-16,18(22,23)24)12-5-13(20)7-14(21)6-12/h2-7,9,16H,8H2,1H3. The highest BCUT2D eigenvalue weighted by Crippen LogP contribution is 2.51. The summed E-state index contributed by atoms with van der Waals surface area (Å²) in [7, 11) is 0. The molecule has 2 atom stereocenters. The Morgan fingerprint density at radius 1 is 1.12 bits per heavy atom. The van der Waals surface area contributed by atoms with Crippen molar-refractivity contribution in [3.63, 3.8) is 0 Å². The van der Waals surface area contributed by atoms with Gasteiger partial charge in [0, 0.05) is 20.7 Å². The van der Waals surface area contributed by atoms with Crippen molar-refractivity contribution in [2.24, 2.45) is 4.99 Å². The van der Waals surface area contributed by atoms with Crippen LogP contribution in [0.25, 0.3) is 0 Å². The van der Waals surface area contributed by atoms with E-state index in [0.29, 0.717) is 0 Å². The molecule has 0 saturated heterocycles. The maximum absolute atomic E-state index is 14.0. The van der Waals surface area contributed by atoms with Crippen LogP contribution in [0.1, 0.15) is 29.2 Å². The Kier molecular flexibility index (Phi) is 4.95. The van der Waals surface area contributed by atoms with Crippen molar-refractivity contribution >= 4 is 45.3 Å². The van der Waals surface area contributed by atoms with Crippen LogP contribution in [0.15, 0.2) is 45.9 Å². The van der Waals surface area contributed by atoms with E-state index in [-0.39, 0.29) is 22.0 Å². The van der Waals surface area contributed by atoms with E-state index in [1.54, 1.807) is 6.07 Å². The van der Waals surface area contributed by atoms with E-state index in [2.05, 4.69) is 20.9 Å². The third-order valence-corrected chi connectivity index (χ3v) is 5.77. The van der Waals surface area contributed by atoms with E-state index in [0.717, 1.165) is 21.8 Å². The van der Waals surface area contributed by atoms with Gasteiger partial charge in [0.05, 0.1) is 6.04 Å². The Morgan fingerprint density at radius 3 is 2.32 bits per heavy atom.